The lowest BCUT2D eigenvalue weighted by molar-refractivity contribution is 0.0931. The number of Topliss-reactive ketones (excluding diaryl/α,β-unsaturated/α-hetero) is 1. The molecular formula is C9H13NO2. The highest BCUT2D eigenvalue weighted by Gasteiger charge is 2.12. The van der Waals surface area contributed by atoms with Gasteiger partial charge >= 0.3 is 0 Å². The van der Waals surface area contributed by atoms with Gasteiger partial charge in [-0.05, 0) is 12.8 Å². The van der Waals surface area contributed by atoms with E-state index in [0.717, 1.165) is 5.69 Å². The summed E-state index contributed by atoms with van der Waals surface area (Å²) in [5.74, 6) is 0.773. The second-order valence-corrected chi connectivity index (χ2v) is 3.35. The van der Waals surface area contributed by atoms with Gasteiger partial charge in [0.25, 0.3) is 0 Å². The maximum atomic E-state index is 11.3. The van der Waals surface area contributed by atoms with Crippen LogP contribution in [0.5, 0.6) is 0 Å². The van der Waals surface area contributed by atoms with Crippen LogP contribution in [0, 0.1) is 12.8 Å². The molecule has 0 bridgehead atoms. The van der Waals surface area contributed by atoms with E-state index in [2.05, 4.69) is 5.16 Å². The molecule has 0 radical (unpaired) electrons. The fourth-order valence-corrected chi connectivity index (χ4v) is 0.966. The standard InChI is InChI=1S/C9H13NO2/c1-6(2)4-8(11)9-5-7(3)10-12-9/h5-6H,4H2,1-3H3. The number of rotatable bonds is 3. The lowest BCUT2D eigenvalue weighted by Gasteiger charge is -1.98. The quantitative estimate of drug-likeness (QED) is 0.648. The number of hydrogen-bond acceptors (Lipinski definition) is 3. The summed E-state index contributed by atoms with van der Waals surface area (Å²) >= 11 is 0. The molecular weight excluding hydrogens is 154 g/mol. The van der Waals surface area contributed by atoms with Gasteiger partial charge in [0.2, 0.25) is 11.5 Å². The number of carbonyl (C=O) groups excluding carboxylic acids is 1. The van der Waals surface area contributed by atoms with Crippen LogP contribution in [-0.4, -0.2) is 10.9 Å². The molecule has 0 saturated heterocycles. The molecule has 0 unspecified atom stereocenters. The summed E-state index contributed by atoms with van der Waals surface area (Å²) in [5.41, 5.74) is 0.752. The van der Waals surface area contributed by atoms with E-state index in [1.54, 1.807) is 13.0 Å². The van der Waals surface area contributed by atoms with Crippen molar-refractivity contribution in [3.63, 3.8) is 0 Å². The topological polar surface area (TPSA) is 43.1 Å². The van der Waals surface area contributed by atoms with E-state index in [1.165, 1.54) is 0 Å². The molecule has 0 aliphatic heterocycles. The third-order valence-electron chi connectivity index (χ3n) is 1.50. The van der Waals surface area contributed by atoms with Gasteiger partial charge in [0, 0.05) is 12.5 Å². The molecule has 1 aromatic heterocycles. The molecule has 3 heteroatoms. The van der Waals surface area contributed by atoms with Crippen molar-refractivity contribution in [3.8, 4) is 0 Å². The van der Waals surface area contributed by atoms with E-state index in [4.69, 9.17) is 4.52 Å². The molecule has 0 aliphatic carbocycles. The van der Waals surface area contributed by atoms with Crippen LogP contribution < -0.4 is 0 Å². The maximum absolute atomic E-state index is 11.3. The molecule has 1 aromatic rings. The number of carbonyl (C=O) groups is 1. The van der Waals surface area contributed by atoms with E-state index >= 15 is 0 Å². The fourth-order valence-electron chi connectivity index (χ4n) is 0.966. The average molecular weight is 167 g/mol. The largest absolute Gasteiger partial charge is 0.353 e. The minimum atomic E-state index is 0.0330. The zero-order valence-electron chi connectivity index (χ0n) is 7.63. The number of nitrogens with zero attached hydrogens (tertiary/aromatic N) is 1. The molecule has 0 atom stereocenters. The van der Waals surface area contributed by atoms with Gasteiger partial charge in [-0.15, -0.1) is 0 Å². The minimum absolute atomic E-state index is 0.0330. The SMILES string of the molecule is Cc1cc(C(=O)CC(C)C)on1. The van der Waals surface area contributed by atoms with Crippen LogP contribution in [0.4, 0.5) is 0 Å². The normalized spacial score (nSPS) is 10.7. The molecule has 3 nitrogen and oxygen atoms in total. The van der Waals surface area contributed by atoms with Crippen LogP contribution in [0.3, 0.4) is 0 Å². The predicted molar refractivity (Wildman–Crippen MR) is 45.0 cm³/mol. The Hall–Kier alpha value is -1.12. The van der Waals surface area contributed by atoms with Crippen LogP contribution in [-0.2, 0) is 0 Å². The van der Waals surface area contributed by atoms with Crippen LogP contribution in [0.1, 0.15) is 36.5 Å². The lowest BCUT2D eigenvalue weighted by Crippen LogP contribution is -2.01. The molecule has 0 spiro atoms. The molecule has 0 saturated carbocycles. The van der Waals surface area contributed by atoms with Crippen molar-refractivity contribution in [2.24, 2.45) is 5.92 Å². The summed E-state index contributed by atoms with van der Waals surface area (Å²) in [5, 5.41) is 3.65. The number of aromatic nitrogens is 1. The zero-order valence-corrected chi connectivity index (χ0v) is 7.63. The average Bonchev–Trinajstić information content (AvgIpc) is 2.34. The molecule has 0 aromatic carbocycles. The van der Waals surface area contributed by atoms with Crippen molar-refractivity contribution in [2.45, 2.75) is 27.2 Å². The van der Waals surface area contributed by atoms with Crippen LogP contribution >= 0.6 is 0 Å². The van der Waals surface area contributed by atoms with E-state index in [9.17, 15) is 4.79 Å². The smallest absolute Gasteiger partial charge is 0.202 e. The summed E-state index contributed by atoms with van der Waals surface area (Å²) < 4.78 is 4.83. The first-order valence-electron chi connectivity index (χ1n) is 4.06. The molecule has 0 aliphatic rings. The number of aryl methyl sites for hydroxylation is 1. The van der Waals surface area contributed by atoms with Crippen molar-refractivity contribution >= 4 is 5.78 Å². The first-order chi connectivity index (χ1) is 5.59. The highest BCUT2D eigenvalue weighted by Crippen LogP contribution is 2.09. The lowest BCUT2D eigenvalue weighted by atomic mass is 10.1. The summed E-state index contributed by atoms with van der Waals surface area (Å²) in [6.07, 6.45) is 0.522. The van der Waals surface area contributed by atoms with Gasteiger partial charge in [0.15, 0.2) is 0 Å². The van der Waals surface area contributed by atoms with E-state index in [-0.39, 0.29) is 5.78 Å². The molecule has 0 amide bonds. The highest BCUT2D eigenvalue weighted by atomic mass is 16.5. The van der Waals surface area contributed by atoms with Gasteiger partial charge in [0.1, 0.15) is 0 Å². The van der Waals surface area contributed by atoms with Crippen LogP contribution in [0.15, 0.2) is 10.6 Å². The molecule has 12 heavy (non-hydrogen) atoms. The number of ketones is 1. The van der Waals surface area contributed by atoms with Crippen molar-refractivity contribution in [1.29, 1.82) is 0 Å². The van der Waals surface area contributed by atoms with Gasteiger partial charge in [-0.25, -0.2) is 0 Å². The van der Waals surface area contributed by atoms with Crippen molar-refractivity contribution in [1.82, 2.24) is 5.16 Å². The fraction of sp³-hybridized carbons (Fsp3) is 0.556. The van der Waals surface area contributed by atoms with E-state index in [1.807, 2.05) is 13.8 Å². The Kier molecular flexibility index (Phi) is 2.63. The summed E-state index contributed by atoms with van der Waals surface area (Å²) in [6.45, 7) is 5.80. The molecule has 1 rings (SSSR count). The van der Waals surface area contributed by atoms with Crippen LogP contribution in [0.2, 0.25) is 0 Å². The molecule has 0 fully saturated rings. The highest BCUT2D eigenvalue weighted by molar-refractivity contribution is 5.93. The van der Waals surface area contributed by atoms with E-state index < -0.39 is 0 Å². The van der Waals surface area contributed by atoms with Crippen LogP contribution in [0.25, 0.3) is 0 Å². The van der Waals surface area contributed by atoms with Gasteiger partial charge in [0.05, 0.1) is 5.69 Å². The Balaban J connectivity index is 2.65. The Morgan fingerprint density at radius 1 is 1.67 bits per heavy atom. The first-order valence-corrected chi connectivity index (χ1v) is 4.06. The van der Waals surface area contributed by atoms with Crippen molar-refractivity contribution in [3.05, 3.63) is 17.5 Å². The molecule has 66 valence electrons. The zero-order chi connectivity index (χ0) is 9.14. The first kappa shape index (κ1) is 8.97. The Labute approximate surface area is 71.7 Å². The van der Waals surface area contributed by atoms with Gasteiger partial charge < -0.3 is 4.52 Å². The van der Waals surface area contributed by atoms with Gasteiger partial charge in [-0.2, -0.15) is 0 Å². The monoisotopic (exact) mass is 167 g/mol. The predicted octanol–water partition coefficient (Wildman–Crippen LogP) is 2.21. The summed E-state index contributed by atoms with van der Waals surface area (Å²) in [6, 6.07) is 1.67. The van der Waals surface area contributed by atoms with Gasteiger partial charge in [-0.3, -0.25) is 4.79 Å². The Morgan fingerprint density at radius 3 is 2.75 bits per heavy atom. The Bertz CT molecular complexity index is 276. The van der Waals surface area contributed by atoms with E-state index in [0.29, 0.717) is 18.1 Å². The van der Waals surface area contributed by atoms with Crippen molar-refractivity contribution in [2.75, 3.05) is 0 Å². The molecule has 0 N–H and O–H groups in total. The van der Waals surface area contributed by atoms with Gasteiger partial charge in [-0.1, -0.05) is 19.0 Å². The third kappa shape index (κ3) is 2.19. The van der Waals surface area contributed by atoms with Crippen molar-refractivity contribution < 1.29 is 9.32 Å². The Morgan fingerprint density at radius 2 is 2.33 bits per heavy atom. The molecule has 1 heterocycles. The summed E-state index contributed by atoms with van der Waals surface area (Å²) in [4.78, 5) is 11.3. The second kappa shape index (κ2) is 3.52. The minimum Gasteiger partial charge on any atom is -0.353 e. The second-order valence-electron chi connectivity index (χ2n) is 3.35. The third-order valence-corrected chi connectivity index (χ3v) is 1.50. The summed E-state index contributed by atoms with van der Waals surface area (Å²) in [7, 11) is 0. The number of hydrogen-bond donors (Lipinski definition) is 0. The maximum Gasteiger partial charge on any atom is 0.202 e.